The van der Waals surface area contributed by atoms with E-state index in [1.165, 1.54) is 6.20 Å². The van der Waals surface area contributed by atoms with Crippen molar-refractivity contribution in [3.05, 3.63) is 42.2 Å². The molecule has 3 atom stereocenters. The van der Waals surface area contributed by atoms with Crippen molar-refractivity contribution in [3.63, 3.8) is 0 Å². The largest absolute Gasteiger partial charge is 0.496 e. The fraction of sp³-hybridized carbons (Fsp3) is 0.391. The lowest BCUT2D eigenvalue weighted by atomic mass is 9.99. The normalized spacial score (nSPS) is 17.0. The molecule has 0 fully saturated rings. The van der Waals surface area contributed by atoms with E-state index in [2.05, 4.69) is 20.9 Å². The number of hydrogen-bond donors (Lipinski definition) is 4. The van der Waals surface area contributed by atoms with Crippen LogP contribution in [0.15, 0.2) is 36.5 Å². The van der Waals surface area contributed by atoms with Crippen LogP contribution in [-0.2, 0) is 9.59 Å². The number of nitriles is 1. The van der Waals surface area contributed by atoms with Gasteiger partial charge in [0.25, 0.3) is 5.91 Å². The van der Waals surface area contributed by atoms with E-state index in [9.17, 15) is 19.6 Å². The second-order valence-corrected chi connectivity index (χ2v) is 8.16. The number of methoxy groups -OCH3 is 1. The van der Waals surface area contributed by atoms with Gasteiger partial charge in [0, 0.05) is 17.1 Å². The van der Waals surface area contributed by atoms with Crippen LogP contribution in [0, 0.1) is 23.2 Å². The molecule has 1 aromatic heterocycles. The van der Waals surface area contributed by atoms with Crippen molar-refractivity contribution in [1.29, 1.82) is 5.26 Å². The van der Waals surface area contributed by atoms with E-state index in [1.807, 2.05) is 32.0 Å². The van der Waals surface area contributed by atoms with Crippen molar-refractivity contribution in [2.45, 2.75) is 38.8 Å². The molecule has 3 rings (SSSR count). The highest BCUT2D eigenvalue weighted by molar-refractivity contribution is 6.01. The number of fused-ring (bicyclic) bond motifs is 1. The van der Waals surface area contributed by atoms with Crippen LogP contribution < -0.4 is 20.7 Å². The number of benzene rings is 1. The predicted molar refractivity (Wildman–Crippen MR) is 118 cm³/mol. The van der Waals surface area contributed by atoms with Gasteiger partial charge >= 0.3 is 0 Å². The van der Waals surface area contributed by atoms with Gasteiger partial charge in [0.2, 0.25) is 11.8 Å². The Morgan fingerprint density at radius 3 is 2.69 bits per heavy atom. The molecule has 32 heavy (non-hydrogen) atoms. The van der Waals surface area contributed by atoms with Crippen molar-refractivity contribution in [3.8, 4) is 11.8 Å². The summed E-state index contributed by atoms with van der Waals surface area (Å²) in [6, 6.07) is 7.46. The maximum atomic E-state index is 12.9. The van der Waals surface area contributed by atoms with Gasteiger partial charge in [-0.1, -0.05) is 26.0 Å². The number of carbonyl (C=O) groups is 3. The number of rotatable bonds is 9. The molecule has 9 nitrogen and oxygen atoms in total. The third-order valence-corrected chi connectivity index (χ3v) is 5.27. The van der Waals surface area contributed by atoms with Gasteiger partial charge in [-0.25, -0.2) is 0 Å². The maximum Gasteiger partial charge on any atom is 0.268 e. The third-order valence-electron chi connectivity index (χ3n) is 5.27. The SMILES string of the molecule is COc1cccc2[nH]c(C(=O)N[C@@H](CC(C)C)C(=O)N[C@H](C#N)CC3C=CNC3=O)cc12. The monoisotopic (exact) mass is 437 g/mol. The average molecular weight is 438 g/mol. The molecule has 168 valence electrons. The fourth-order valence-electron chi connectivity index (χ4n) is 3.66. The summed E-state index contributed by atoms with van der Waals surface area (Å²) < 4.78 is 5.33. The van der Waals surface area contributed by atoms with E-state index in [-0.39, 0.29) is 18.2 Å². The first kappa shape index (κ1) is 22.9. The first-order valence-corrected chi connectivity index (χ1v) is 10.5. The molecule has 9 heteroatoms. The van der Waals surface area contributed by atoms with Gasteiger partial charge in [-0.3, -0.25) is 14.4 Å². The van der Waals surface area contributed by atoms with Gasteiger partial charge < -0.3 is 25.7 Å². The minimum absolute atomic E-state index is 0.123. The lowest BCUT2D eigenvalue weighted by Gasteiger charge is -2.22. The molecule has 0 radical (unpaired) electrons. The summed E-state index contributed by atoms with van der Waals surface area (Å²) in [6.07, 6.45) is 3.74. The van der Waals surface area contributed by atoms with Crippen LogP contribution in [0.5, 0.6) is 5.75 Å². The van der Waals surface area contributed by atoms with Gasteiger partial charge in [-0.15, -0.1) is 0 Å². The fourth-order valence-corrected chi connectivity index (χ4v) is 3.66. The quantitative estimate of drug-likeness (QED) is 0.476. The van der Waals surface area contributed by atoms with Gasteiger partial charge in [-0.05, 0) is 37.0 Å². The van der Waals surface area contributed by atoms with Crippen LogP contribution in [0.3, 0.4) is 0 Å². The van der Waals surface area contributed by atoms with Crippen LogP contribution in [0.2, 0.25) is 0 Å². The molecular formula is C23H27N5O4. The Morgan fingerprint density at radius 1 is 1.28 bits per heavy atom. The maximum absolute atomic E-state index is 12.9. The van der Waals surface area contributed by atoms with Crippen LogP contribution in [0.1, 0.15) is 37.2 Å². The summed E-state index contributed by atoms with van der Waals surface area (Å²) in [5, 5.41) is 18.2. The number of aromatic nitrogens is 1. The van der Waals surface area contributed by atoms with E-state index in [0.29, 0.717) is 17.9 Å². The zero-order chi connectivity index (χ0) is 23.3. The minimum atomic E-state index is -0.857. The standard InChI is InChI=1S/C23H27N5O4/c1-13(2)9-18(22(30)26-15(12-24)10-14-7-8-25-21(14)29)28-23(31)19-11-16-17(27-19)5-4-6-20(16)32-3/h4-8,11,13-15,18,27H,9-10H2,1-3H3,(H,25,29)(H,26,30)(H,28,31)/t14?,15-,18-/m0/s1. The second kappa shape index (κ2) is 10.0. The molecule has 0 bridgehead atoms. The molecule has 1 aliphatic rings. The molecule has 4 N–H and O–H groups in total. The predicted octanol–water partition coefficient (Wildman–Crippen LogP) is 1.98. The van der Waals surface area contributed by atoms with Crippen molar-refractivity contribution in [2.24, 2.45) is 11.8 Å². The van der Waals surface area contributed by atoms with Crippen molar-refractivity contribution in [1.82, 2.24) is 20.9 Å². The molecule has 0 saturated carbocycles. The number of hydrogen-bond acceptors (Lipinski definition) is 5. The molecule has 0 saturated heterocycles. The van der Waals surface area contributed by atoms with Crippen molar-refractivity contribution in [2.75, 3.05) is 7.11 Å². The van der Waals surface area contributed by atoms with Crippen LogP contribution in [-0.4, -0.2) is 41.9 Å². The van der Waals surface area contributed by atoms with Gasteiger partial charge in [0.05, 0.1) is 19.1 Å². The Hall–Kier alpha value is -3.80. The molecule has 1 aliphatic heterocycles. The van der Waals surface area contributed by atoms with Gasteiger partial charge in [0.1, 0.15) is 23.5 Å². The lowest BCUT2D eigenvalue weighted by Crippen LogP contribution is -2.50. The van der Waals surface area contributed by atoms with Crippen LogP contribution >= 0.6 is 0 Å². The summed E-state index contributed by atoms with van der Waals surface area (Å²) in [4.78, 5) is 40.6. The molecule has 3 amide bonds. The van der Waals surface area contributed by atoms with E-state index in [4.69, 9.17) is 4.74 Å². The molecule has 2 aromatic rings. The Labute approximate surface area is 186 Å². The highest BCUT2D eigenvalue weighted by Crippen LogP contribution is 2.26. The summed E-state index contributed by atoms with van der Waals surface area (Å²) in [7, 11) is 1.56. The Bertz CT molecular complexity index is 1080. The minimum Gasteiger partial charge on any atom is -0.496 e. The van der Waals surface area contributed by atoms with Crippen LogP contribution in [0.4, 0.5) is 0 Å². The van der Waals surface area contributed by atoms with E-state index >= 15 is 0 Å². The van der Waals surface area contributed by atoms with Crippen LogP contribution in [0.25, 0.3) is 10.9 Å². The highest BCUT2D eigenvalue weighted by atomic mass is 16.5. The Kier molecular flexibility index (Phi) is 7.15. The first-order valence-electron chi connectivity index (χ1n) is 10.5. The number of nitrogens with one attached hydrogen (secondary N) is 4. The Balaban J connectivity index is 1.72. The summed E-state index contributed by atoms with van der Waals surface area (Å²) in [6.45, 7) is 3.88. The lowest BCUT2D eigenvalue weighted by molar-refractivity contribution is -0.125. The second-order valence-electron chi connectivity index (χ2n) is 8.16. The molecular weight excluding hydrogens is 410 g/mol. The smallest absolute Gasteiger partial charge is 0.268 e. The summed E-state index contributed by atoms with van der Waals surface area (Å²) in [5.74, 6) is -0.820. The number of amides is 3. The summed E-state index contributed by atoms with van der Waals surface area (Å²) >= 11 is 0. The van der Waals surface area contributed by atoms with Gasteiger partial charge in [0.15, 0.2) is 0 Å². The van der Waals surface area contributed by atoms with E-state index < -0.39 is 29.8 Å². The summed E-state index contributed by atoms with van der Waals surface area (Å²) in [5.41, 5.74) is 1.04. The zero-order valence-corrected chi connectivity index (χ0v) is 18.3. The molecule has 0 aliphatic carbocycles. The highest BCUT2D eigenvalue weighted by Gasteiger charge is 2.28. The molecule has 0 spiro atoms. The first-order chi connectivity index (χ1) is 15.3. The number of H-pyrrole nitrogens is 1. The molecule has 2 heterocycles. The number of ether oxygens (including phenoxy) is 1. The van der Waals surface area contributed by atoms with E-state index in [1.54, 1.807) is 25.3 Å². The third kappa shape index (κ3) is 5.27. The molecule has 1 unspecified atom stereocenters. The Morgan fingerprint density at radius 2 is 2.06 bits per heavy atom. The average Bonchev–Trinajstić information content (AvgIpc) is 3.38. The number of nitrogens with zero attached hydrogens (tertiary/aromatic N) is 1. The van der Waals surface area contributed by atoms with Gasteiger partial charge in [-0.2, -0.15) is 5.26 Å². The number of carbonyl (C=O) groups excluding carboxylic acids is 3. The zero-order valence-electron chi connectivity index (χ0n) is 18.3. The molecule has 1 aromatic carbocycles. The van der Waals surface area contributed by atoms with E-state index in [0.717, 1.165) is 10.9 Å². The number of aromatic amines is 1. The van der Waals surface area contributed by atoms with Crippen molar-refractivity contribution < 1.29 is 19.1 Å². The topological polar surface area (TPSA) is 136 Å². The van der Waals surface area contributed by atoms with Crippen molar-refractivity contribution >= 4 is 28.6 Å².